The van der Waals surface area contributed by atoms with E-state index in [4.69, 9.17) is 4.74 Å². The number of nitrogens with one attached hydrogen (secondary N) is 2. The Morgan fingerprint density at radius 1 is 1.54 bits per heavy atom. The molecule has 1 rings (SSSR count). The van der Waals surface area contributed by atoms with Gasteiger partial charge in [0.15, 0.2) is 0 Å². The highest BCUT2D eigenvalue weighted by molar-refractivity contribution is 5.78. The van der Waals surface area contributed by atoms with E-state index in [1.165, 1.54) is 0 Å². The quantitative estimate of drug-likeness (QED) is 0.545. The Morgan fingerprint density at radius 2 is 2.31 bits per heavy atom. The average molecular weight is 186 g/mol. The molecule has 13 heavy (non-hydrogen) atoms. The van der Waals surface area contributed by atoms with Gasteiger partial charge < -0.3 is 15.4 Å². The minimum Gasteiger partial charge on any atom is -0.385 e. The standard InChI is InChI=1S/C9H18N2O2/c1-13-6-2-5-10-7-9(12)11-8-3-4-8/h8,10H,2-7H2,1H3,(H,11,12). The monoisotopic (exact) mass is 186 g/mol. The van der Waals surface area contributed by atoms with Crippen molar-refractivity contribution in [3.8, 4) is 0 Å². The Balaban J connectivity index is 1.83. The largest absolute Gasteiger partial charge is 0.385 e. The Kier molecular flexibility index (Phi) is 4.78. The molecule has 1 fully saturated rings. The van der Waals surface area contributed by atoms with Crippen molar-refractivity contribution in [1.29, 1.82) is 0 Å². The second kappa shape index (κ2) is 5.94. The zero-order chi connectivity index (χ0) is 9.52. The number of rotatable bonds is 7. The fourth-order valence-electron chi connectivity index (χ4n) is 1.05. The first-order valence-electron chi connectivity index (χ1n) is 4.82. The molecule has 1 aliphatic carbocycles. The summed E-state index contributed by atoms with van der Waals surface area (Å²) in [5, 5.41) is 5.97. The molecule has 4 nitrogen and oxygen atoms in total. The van der Waals surface area contributed by atoms with Crippen molar-refractivity contribution >= 4 is 5.91 Å². The van der Waals surface area contributed by atoms with Crippen LogP contribution in [0.25, 0.3) is 0 Å². The minimum absolute atomic E-state index is 0.111. The van der Waals surface area contributed by atoms with E-state index in [0.29, 0.717) is 12.6 Å². The van der Waals surface area contributed by atoms with E-state index in [-0.39, 0.29) is 5.91 Å². The van der Waals surface area contributed by atoms with Crippen molar-refractivity contribution in [2.75, 3.05) is 26.8 Å². The Bertz CT molecular complexity index is 158. The number of amides is 1. The second-order valence-electron chi connectivity index (χ2n) is 3.36. The van der Waals surface area contributed by atoms with Crippen LogP contribution in [0.15, 0.2) is 0 Å². The molecule has 4 heteroatoms. The van der Waals surface area contributed by atoms with Crippen molar-refractivity contribution < 1.29 is 9.53 Å². The van der Waals surface area contributed by atoms with Gasteiger partial charge in [-0.1, -0.05) is 0 Å². The molecule has 0 spiro atoms. The molecule has 1 saturated carbocycles. The summed E-state index contributed by atoms with van der Waals surface area (Å²) >= 11 is 0. The maximum atomic E-state index is 11.1. The SMILES string of the molecule is COCCCNCC(=O)NC1CC1. The lowest BCUT2D eigenvalue weighted by Crippen LogP contribution is -2.35. The number of hydrogen-bond acceptors (Lipinski definition) is 3. The first kappa shape index (κ1) is 10.5. The number of ether oxygens (including phenoxy) is 1. The maximum Gasteiger partial charge on any atom is 0.234 e. The van der Waals surface area contributed by atoms with Gasteiger partial charge in [-0.2, -0.15) is 0 Å². The van der Waals surface area contributed by atoms with Crippen LogP contribution in [0.5, 0.6) is 0 Å². The highest BCUT2D eigenvalue weighted by Gasteiger charge is 2.22. The highest BCUT2D eigenvalue weighted by atomic mass is 16.5. The zero-order valence-corrected chi connectivity index (χ0v) is 8.14. The number of carbonyl (C=O) groups excluding carboxylic acids is 1. The molecule has 0 unspecified atom stereocenters. The van der Waals surface area contributed by atoms with Crippen LogP contribution in [0.3, 0.4) is 0 Å². The highest BCUT2D eigenvalue weighted by Crippen LogP contribution is 2.17. The molecule has 0 aliphatic heterocycles. The average Bonchev–Trinajstić information content (AvgIpc) is 2.88. The molecule has 0 radical (unpaired) electrons. The Labute approximate surface area is 79.0 Å². The molecule has 0 atom stereocenters. The summed E-state index contributed by atoms with van der Waals surface area (Å²) < 4.78 is 4.88. The molecule has 0 heterocycles. The molecule has 0 aromatic rings. The lowest BCUT2D eigenvalue weighted by molar-refractivity contribution is -0.120. The summed E-state index contributed by atoms with van der Waals surface area (Å²) in [6, 6.07) is 0.466. The molecule has 0 aromatic heterocycles. The van der Waals surface area contributed by atoms with Gasteiger partial charge >= 0.3 is 0 Å². The third-order valence-electron chi connectivity index (χ3n) is 1.93. The van der Waals surface area contributed by atoms with Crippen LogP contribution in [-0.4, -0.2) is 38.8 Å². The van der Waals surface area contributed by atoms with Crippen LogP contribution >= 0.6 is 0 Å². The summed E-state index contributed by atoms with van der Waals surface area (Å²) in [5.41, 5.74) is 0. The minimum atomic E-state index is 0.111. The summed E-state index contributed by atoms with van der Waals surface area (Å²) in [6.45, 7) is 2.02. The van der Waals surface area contributed by atoms with Gasteiger partial charge in [-0.15, -0.1) is 0 Å². The smallest absolute Gasteiger partial charge is 0.234 e. The van der Waals surface area contributed by atoms with Crippen LogP contribution in [0.2, 0.25) is 0 Å². The van der Waals surface area contributed by atoms with E-state index in [9.17, 15) is 4.79 Å². The van der Waals surface area contributed by atoms with Gasteiger partial charge in [0.1, 0.15) is 0 Å². The van der Waals surface area contributed by atoms with Gasteiger partial charge in [-0.3, -0.25) is 4.79 Å². The van der Waals surface area contributed by atoms with E-state index < -0.39 is 0 Å². The van der Waals surface area contributed by atoms with Crippen molar-refractivity contribution in [3.05, 3.63) is 0 Å². The van der Waals surface area contributed by atoms with Gasteiger partial charge in [-0.25, -0.2) is 0 Å². The van der Waals surface area contributed by atoms with Crippen molar-refractivity contribution in [2.24, 2.45) is 0 Å². The van der Waals surface area contributed by atoms with Crippen molar-refractivity contribution in [3.63, 3.8) is 0 Å². The van der Waals surface area contributed by atoms with Crippen LogP contribution in [-0.2, 0) is 9.53 Å². The van der Waals surface area contributed by atoms with E-state index in [2.05, 4.69) is 10.6 Å². The molecule has 0 saturated heterocycles. The lowest BCUT2D eigenvalue weighted by Gasteiger charge is -2.04. The molecule has 1 amide bonds. The molecule has 0 aromatic carbocycles. The van der Waals surface area contributed by atoms with Crippen LogP contribution < -0.4 is 10.6 Å². The first-order chi connectivity index (χ1) is 6.33. The van der Waals surface area contributed by atoms with Crippen molar-refractivity contribution in [2.45, 2.75) is 25.3 Å². The second-order valence-corrected chi connectivity index (χ2v) is 3.36. The van der Waals surface area contributed by atoms with Gasteiger partial charge in [0.2, 0.25) is 5.91 Å². The molecule has 2 N–H and O–H groups in total. The summed E-state index contributed by atoms with van der Waals surface area (Å²) in [7, 11) is 1.68. The zero-order valence-electron chi connectivity index (χ0n) is 8.14. The van der Waals surface area contributed by atoms with Crippen molar-refractivity contribution in [1.82, 2.24) is 10.6 Å². The predicted molar refractivity (Wildman–Crippen MR) is 50.5 cm³/mol. The first-order valence-corrected chi connectivity index (χ1v) is 4.82. The number of hydrogen-bond donors (Lipinski definition) is 2. The lowest BCUT2D eigenvalue weighted by atomic mass is 10.4. The predicted octanol–water partition coefficient (Wildman–Crippen LogP) is -0.109. The third kappa shape index (κ3) is 5.60. The van der Waals surface area contributed by atoms with Crippen LogP contribution in [0.4, 0.5) is 0 Å². The van der Waals surface area contributed by atoms with Gasteiger partial charge in [-0.05, 0) is 25.8 Å². The summed E-state index contributed by atoms with van der Waals surface area (Å²) in [6.07, 6.45) is 3.25. The Hall–Kier alpha value is -0.610. The summed E-state index contributed by atoms with van der Waals surface area (Å²) in [4.78, 5) is 11.1. The summed E-state index contributed by atoms with van der Waals surface area (Å²) in [5.74, 6) is 0.111. The number of methoxy groups -OCH3 is 1. The molecule has 76 valence electrons. The van der Waals surface area contributed by atoms with Gasteiger partial charge in [0, 0.05) is 19.8 Å². The molecule has 1 aliphatic rings. The molecule has 0 bridgehead atoms. The molecular weight excluding hydrogens is 168 g/mol. The number of carbonyl (C=O) groups is 1. The van der Waals surface area contributed by atoms with Crippen LogP contribution in [0, 0.1) is 0 Å². The van der Waals surface area contributed by atoms with Gasteiger partial charge in [0.05, 0.1) is 6.54 Å². The van der Waals surface area contributed by atoms with E-state index in [1.807, 2.05) is 0 Å². The van der Waals surface area contributed by atoms with Crippen LogP contribution in [0.1, 0.15) is 19.3 Å². The Morgan fingerprint density at radius 3 is 2.92 bits per heavy atom. The molecular formula is C9H18N2O2. The topological polar surface area (TPSA) is 50.4 Å². The normalized spacial score (nSPS) is 15.8. The fraction of sp³-hybridized carbons (Fsp3) is 0.889. The fourth-order valence-corrected chi connectivity index (χ4v) is 1.05. The van der Waals surface area contributed by atoms with E-state index >= 15 is 0 Å². The third-order valence-corrected chi connectivity index (χ3v) is 1.93. The van der Waals surface area contributed by atoms with E-state index in [1.54, 1.807) is 7.11 Å². The van der Waals surface area contributed by atoms with E-state index in [0.717, 1.165) is 32.4 Å². The van der Waals surface area contributed by atoms with Gasteiger partial charge in [0.25, 0.3) is 0 Å². The maximum absolute atomic E-state index is 11.1.